The lowest BCUT2D eigenvalue weighted by Crippen LogP contribution is -2.39. The third-order valence-corrected chi connectivity index (χ3v) is 3.75. The standard InChI is InChI=1S/C16H24N2O2/c1-4-18(13-8-11(2)7-12(3)9-13)16(19)15-6-5-14(10-17)20-15/h7-9,14-15H,4-6,10,17H2,1-3H3/t14-,15+/m1/s1. The molecule has 0 aliphatic carbocycles. The van der Waals surface area contributed by atoms with E-state index in [1.54, 1.807) is 0 Å². The van der Waals surface area contributed by atoms with Gasteiger partial charge in [-0.2, -0.15) is 0 Å². The Bertz CT molecular complexity index is 467. The van der Waals surface area contributed by atoms with E-state index in [0.717, 1.165) is 18.5 Å². The monoisotopic (exact) mass is 276 g/mol. The molecule has 4 heteroatoms. The minimum Gasteiger partial charge on any atom is -0.364 e. The van der Waals surface area contributed by atoms with E-state index in [2.05, 4.69) is 6.07 Å². The minimum atomic E-state index is -0.343. The fourth-order valence-electron chi connectivity index (χ4n) is 2.81. The van der Waals surface area contributed by atoms with Gasteiger partial charge in [-0.05, 0) is 56.9 Å². The van der Waals surface area contributed by atoms with Crippen molar-refractivity contribution in [3.05, 3.63) is 29.3 Å². The van der Waals surface area contributed by atoms with Gasteiger partial charge in [-0.3, -0.25) is 4.79 Å². The van der Waals surface area contributed by atoms with Gasteiger partial charge in [0, 0.05) is 18.8 Å². The Morgan fingerprint density at radius 3 is 2.45 bits per heavy atom. The van der Waals surface area contributed by atoms with Gasteiger partial charge >= 0.3 is 0 Å². The summed E-state index contributed by atoms with van der Waals surface area (Å²) in [6.07, 6.45) is 1.32. The summed E-state index contributed by atoms with van der Waals surface area (Å²) in [7, 11) is 0. The molecule has 1 amide bonds. The number of ether oxygens (including phenoxy) is 1. The Hall–Kier alpha value is -1.39. The van der Waals surface area contributed by atoms with Gasteiger partial charge in [0.15, 0.2) is 0 Å². The van der Waals surface area contributed by atoms with Crippen molar-refractivity contribution < 1.29 is 9.53 Å². The normalized spacial score (nSPS) is 22.0. The molecule has 1 aromatic rings. The molecule has 1 aromatic carbocycles. The first kappa shape index (κ1) is 15.0. The van der Waals surface area contributed by atoms with Gasteiger partial charge in [0.05, 0.1) is 6.10 Å². The van der Waals surface area contributed by atoms with Crippen LogP contribution in [0.15, 0.2) is 18.2 Å². The van der Waals surface area contributed by atoms with E-state index in [1.807, 2.05) is 37.8 Å². The molecule has 0 saturated carbocycles. The Balaban J connectivity index is 2.17. The number of rotatable bonds is 4. The first-order valence-electron chi connectivity index (χ1n) is 7.30. The largest absolute Gasteiger partial charge is 0.364 e. The molecule has 0 spiro atoms. The van der Waals surface area contributed by atoms with Gasteiger partial charge in [0.2, 0.25) is 0 Å². The Labute approximate surface area is 120 Å². The molecule has 0 bridgehead atoms. The lowest BCUT2D eigenvalue weighted by molar-refractivity contribution is -0.129. The van der Waals surface area contributed by atoms with Crippen LogP contribution in [0.25, 0.3) is 0 Å². The van der Waals surface area contributed by atoms with Crippen molar-refractivity contribution in [1.82, 2.24) is 0 Å². The molecule has 1 aliphatic heterocycles. The molecule has 0 unspecified atom stereocenters. The smallest absolute Gasteiger partial charge is 0.256 e. The molecule has 110 valence electrons. The minimum absolute atomic E-state index is 0.0295. The highest BCUT2D eigenvalue weighted by atomic mass is 16.5. The second-order valence-corrected chi connectivity index (χ2v) is 5.49. The number of carbonyl (C=O) groups is 1. The average molecular weight is 276 g/mol. The highest BCUT2D eigenvalue weighted by Crippen LogP contribution is 2.25. The number of hydrogen-bond acceptors (Lipinski definition) is 3. The summed E-state index contributed by atoms with van der Waals surface area (Å²) in [5.74, 6) is 0.0495. The predicted molar refractivity (Wildman–Crippen MR) is 80.9 cm³/mol. The number of aryl methyl sites for hydroxylation is 2. The molecule has 20 heavy (non-hydrogen) atoms. The molecule has 2 N–H and O–H groups in total. The maximum absolute atomic E-state index is 12.6. The second kappa shape index (κ2) is 6.37. The van der Waals surface area contributed by atoms with E-state index in [0.29, 0.717) is 13.1 Å². The third kappa shape index (κ3) is 3.19. The van der Waals surface area contributed by atoms with Crippen molar-refractivity contribution in [2.45, 2.75) is 45.8 Å². The summed E-state index contributed by atoms with van der Waals surface area (Å²) in [5, 5.41) is 0. The summed E-state index contributed by atoms with van der Waals surface area (Å²) in [6, 6.07) is 6.20. The van der Waals surface area contributed by atoms with Crippen molar-refractivity contribution in [3.63, 3.8) is 0 Å². The molecule has 2 atom stereocenters. The number of likely N-dealkylation sites (N-methyl/N-ethyl adjacent to an activating group) is 1. The molecular weight excluding hydrogens is 252 g/mol. The third-order valence-electron chi connectivity index (χ3n) is 3.75. The van der Waals surface area contributed by atoms with Crippen molar-refractivity contribution >= 4 is 11.6 Å². The van der Waals surface area contributed by atoms with E-state index in [-0.39, 0.29) is 18.1 Å². The van der Waals surface area contributed by atoms with Crippen LogP contribution in [0.4, 0.5) is 5.69 Å². The summed E-state index contributed by atoms with van der Waals surface area (Å²) < 4.78 is 5.72. The summed E-state index contributed by atoms with van der Waals surface area (Å²) >= 11 is 0. The van der Waals surface area contributed by atoms with Crippen molar-refractivity contribution in [2.75, 3.05) is 18.0 Å². The highest BCUT2D eigenvalue weighted by molar-refractivity contribution is 5.96. The average Bonchev–Trinajstić information content (AvgIpc) is 2.87. The number of amides is 1. The zero-order valence-corrected chi connectivity index (χ0v) is 12.6. The van der Waals surface area contributed by atoms with Crippen LogP contribution in [-0.4, -0.2) is 31.2 Å². The Morgan fingerprint density at radius 1 is 1.30 bits per heavy atom. The van der Waals surface area contributed by atoms with Gasteiger partial charge in [0.25, 0.3) is 5.91 Å². The molecule has 2 rings (SSSR count). The molecule has 1 heterocycles. The van der Waals surface area contributed by atoms with Crippen LogP contribution in [0.5, 0.6) is 0 Å². The second-order valence-electron chi connectivity index (χ2n) is 5.49. The van der Waals surface area contributed by atoms with E-state index in [4.69, 9.17) is 10.5 Å². The van der Waals surface area contributed by atoms with Crippen LogP contribution >= 0.6 is 0 Å². The van der Waals surface area contributed by atoms with Crippen molar-refractivity contribution in [2.24, 2.45) is 5.73 Å². The fraction of sp³-hybridized carbons (Fsp3) is 0.562. The Morgan fingerprint density at radius 2 is 1.95 bits per heavy atom. The lowest BCUT2D eigenvalue weighted by atomic mass is 10.1. The summed E-state index contributed by atoms with van der Waals surface area (Å²) in [6.45, 7) is 7.22. The number of hydrogen-bond donors (Lipinski definition) is 1. The summed E-state index contributed by atoms with van der Waals surface area (Å²) in [5.41, 5.74) is 8.89. The van der Waals surface area contributed by atoms with Crippen LogP contribution in [-0.2, 0) is 9.53 Å². The van der Waals surface area contributed by atoms with Gasteiger partial charge < -0.3 is 15.4 Å². The van der Waals surface area contributed by atoms with Crippen LogP contribution in [0.3, 0.4) is 0 Å². The van der Waals surface area contributed by atoms with Gasteiger partial charge in [-0.25, -0.2) is 0 Å². The SMILES string of the molecule is CCN(C(=O)[C@@H]1CC[C@H](CN)O1)c1cc(C)cc(C)c1. The zero-order chi connectivity index (χ0) is 14.7. The number of benzene rings is 1. The molecule has 0 radical (unpaired) electrons. The molecule has 1 saturated heterocycles. The summed E-state index contributed by atoms with van der Waals surface area (Å²) in [4.78, 5) is 14.4. The van der Waals surface area contributed by atoms with E-state index >= 15 is 0 Å². The van der Waals surface area contributed by atoms with Crippen molar-refractivity contribution in [3.8, 4) is 0 Å². The maximum Gasteiger partial charge on any atom is 0.256 e. The first-order chi connectivity index (χ1) is 9.55. The number of anilines is 1. The molecule has 1 aliphatic rings. The van der Waals surface area contributed by atoms with E-state index in [1.165, 1.54) is 11.1 Å². The first-order valence-corrected chi connectivity index (χ1v) is 7.30. The van der Waals surface area contributed by atoms with Gasteiger partial charge in [0.1, 0.15) is 6.10 Å². The zero-order valence-electron chi connectivity index (χ0n) is 12.6. The van der Waals surface area contributed by atoms with E-state index in [9.17, 15) is 4.79 Å². The number of carbonyl (C=O) groups excluding carboxylic acids is 1. The fourth-order valence-corrected chi connectivity index (χ4v) is 2.81. The topological polar surface area (TPSA) is 55.6 Å². The van der Waals surface area contributed by atoms with Crippen LogP contribution in [0.2, 0.25) is 0 Å². The number of nitrogens with zero attached hydrogens (tertiary/aromatic N) is 1. The quantitative estimate of drug-likeness (QED) is 0.917. The van der Waals surface area contributed by atoms with E-state index < -0.39 is 0 Å². The maximum atomic E-state index is 12.6. The van der Waals surface area contributed by atoms with Gasteiger partial charge in [-0.15, -0.1) is 0 Å². The molecular formula is C16H24N2O2. The van der Waals surface area contributed by atoms with Gasteiger partial charge in [-0.1, -0.05) is 6.07 Å². The van der Waals surface area contributed by atoms with Crippen LogP contribution in [0.1, 0.15) is 30.9 Å². The molecule has 1 fully saturated rings. The predicted octanol–water partition coefficient (Wildman–Crippen LogP) is 2.16. The lowest BCUT2D eigenvalue weighted by Gasteiger charge is -2.25. The van der Waals surface area contributed by atoms with Crippen molar-refractivity contribution in [1.29, 1.82) is 0 Å². The van der Waals surface area contributed by atoms with Crippen LogP contribution in [0, 0.1) is 13.8 Å². The Kier molecular flexibility index (Phi) is 4.78. The number of nitrogens with two attached hydrogens (primary N) is 1. The highest BCUT2D eigenvalue weighted by Gasteiger charge is 2.33. The molecule has 4 nitrogen and oxygen atoms in total. The molecule has 0 aromatic heterocycles. The van der Waals surface area contributed by atoms with Crippen LogP contribution < -0.4 is 10.6 Å².